The number of ether oxygens (including phenoxy) is 2. The minimum absolute atomic E-state index is 0.107. The molecular formula is C14H28ClN3O5. The largest absolute Gasteiger partial charge is 0.447 e. The minimum Gasteiger partial charge on any atom is -0.447 e. The van der Waals surface area contributed by atoms with Gasteiger partial charge in [-0.25, -0.2) is 9.59 Å². The number of amides is 3. The van der Waals surface area contributed by atoms with E-state index in [0.29, 0.717) is 0 Å². The number of carbonyl (C=O) groups is 3. The lowest BCUT2D eigenvalue weighted by molar-refractivity contribution is 0.0470. The van der Waals surface area contributed by atoms with Crippen molar-refractivity contribution in [2.24, 2.45) is 0 Å². The zero-order chi connectivity index (χ0) is 18.8. The van der Waals surface area contributed by atoms with E-state index in [4.69, 9.17) is 21.1 Å². The first-order valence-electron chi connectivity index (χ1n) is 6.96. The highest BCUT2D eigenvalue weighted by Crippen LogP contribution is 2.06. The maximum Gasteiger partial charge on any atom is 0.409 e. The smallest absolute Gasteiger partial charge is 0.409 e. The summed E-state index contributed by atoms with van der Waals surface area (Å²) in [5.74, 6) is 0. The van der Waals surface area contributed by atoms with E-state index >= 15 is 0 Å². The Morgan fingerprint density at radius 1 is 1.09 bits per heavy atom. The quantitative estimate of drug-likeness (QED) is 0.622. The molecule has 0 heterocycles. The van der Waals surface area contributed by atoms with Crippen molar-refractivity contribution >= 4 is 29.2 Å². The molecule has 1 atom stereocenters. The molecular weight excluding hydrogens is 326 g/mol. The minimum atomic E-state index is -0.538. The van der Waals surface area contributed by atoms with Crippen LogP contribution < -0.4 is 5.32 Å². The Kier molecular flexibility index (Phi) is 11.2. The molecule has 23 heavy (non-hydrogen) atoms. The summed E-state index contributed by atoms with van der Waals surface area (Å²) in [5, 5.41) is 2.14. The first-order valence-corrected chi connectivity index (χ1v) is 7.34. The van der Waals surface area contributed by atoms with E-state index in [2.05, 4.69) is 5.32 Å². The number of nitrogens with zero attached hydrogens (tertiary/aromatic N) is 2. The molecule has 9 heteroatoms. The maximum atomic E-state index is 11.4. The van der Waals surface area contributed by atoms with Crippen molar-refractivity contribution in [1.29, 1.82) is 0 Å². The van der Waals surface area contributed by atoms with Gasteiger partial charge in [0.05, 0.1) is 6.04 Å². The van der Waals surface area contributed by atoms with E-state index in [1.807, 2.05) is 0 Å². The Morgan fingerprint density at radius 3 is 1.83 bits per heavy atom. The van der Waals surface area contributed by atoms with E-state index < -0.39 is 23.2 Å². The molecule has 0 saturated carbocycles. The van der Waals surface area contributed by atoms with Crippen LogP contribution in [0.1, 0.15) is 27.7 Å². The van der Waals surface area contributed by atoms with Crippen molar-refractivity contribution in [2.75, 3.05) is 34.8 Å². The molecule has 0 radical (unpaired) electrons. The summed E-state index contributed by atoms with van der Waals surface area (Å²) in [6.07, 6.45) is -0.964. The molecule has 0 saturated heterocycles. The molecule has 0 spiro atoms. The van der Waals surface area contributed by atoms with E-state index in [-0.39, 0.29) is 12.6 Å². The summed E-state index contributed by atoms with van der Waals surface area (Å²) < 4.78 is 9.97. The monoisotopic (exact) mass is 353 g/mol. The third-order valence-corrected chi connectivity index (χ3v) is 2.27. The Bertz CT molecular complexity index is 394. The molecule has 0 aliphatic carbocycles. The highest BCUT2D eigenvalue weighted by molar-refractivity contribution is 6.62. The van der Waals surface area contributed by atoms with Gasteiger partial charge in [0.15, 0.2) is 0 Å². The fraction of sp³-hybridized carbons (Fsp3) is 0.786. The summed E-state index contributed by atoms with van der Waals surface area (Å²) in [6.45, 7) is 7.18. The van der Waals surface area contributed by atoms with E-state index in [0.717, 1.165) is 0 Å². The van der Waals surface area contributed by atoms with Gasteiger partial charge < -0.3 is 24.6 Å². The van der Waals surface area contributed by atoms with Gasteiger partial charge >= 0.3 is 17.6 Å². The van der Waals surface area contributed by atoms with Crippen molar-refractivity contribution in [1.82, 2.24) is 15.1 Å². The van der Waals surface area contributed by atoms with Crippen LogP contribution in [0, 0.1) is 0 Å². The maximum absolute atomic E-state index is 11.4. The lowest BCUT2D eigenvalue weighted by Crippen LogP contribution is -2.40. The van der Waals surface area contributed by atoms with Gasteiger partial charge in [0.1, 0.15) is 12.2 Å². The molecule has 1 N–H and O–H groups in total. The van der Waals surface area contributed by atoms with Gasteiger partial charge in [-0.2, -0.15) is 0 Å². The van der Waals surface area contributed by atoms with Gasteiger partial charge in [-0.05, 0) is 39.3 Å². The molecule has 0 aliphatic heterocycles. The molecule has 8 nitrogen and oxygen atoms in total. The SMILES string of the molecule is CN(C)C(=O)Cl.C[C@H](COC(=O)N(C)C)NC(=O)OC(C)(C)C. The first-order chi connectivity index (χ1) is 10.3. The lowest BCUT2D eigenvalue weighted by Gasteiger charge is -2.22. The van der Waals surface area contributed by atoms with Crippen LogP contribution in [-0.4, -0.2) is 73.8 Å². The normalized spacial score (nSPS) is 11.3. The Morgan fingerprint density at radius 2 is 1.52 bits per heavy atom. The Labute approximate surface area is 143 Å². The van der Waals surface area contributed by atoms with Gasteiger partial charge in [-0.3, -0.25) is 4.79 Å². The molecule has 0 fully saturated rings. The van der Waals surface area contributed by atoms with Crippen LogP contribution in [0.4, 0.5) is 14.4 Å². The average molecular weight is 354 g/mol. The summed E-state index contributed by atoms with van der Waals surface area (Å²) >= 11 is 4.90. The average Bonchev–Trinajstić information content (AvgIpc) is 2.33. The standard InChI is InChI=1S/C11H22N2O4.C3H6ClNO/c1-8(7-16-10(15)13(5)6)12-9(14)17-11(2,3)4;1-5(2)3(4)6/h8H,7H2,1-6H3,(H,12,14);1-2H3/t8-;/m1./s1. The highest BCUT2D eigenvalue weighted by atomic mass is 35.5. The predicted molar refractivity (Wildman–Crippen MR) is 88.8 cm³/mol. The zero-order valence-electron chi connectivity index (χ0n) is 15.1. The second-order valence-electron chi connectivity index (χ2n) is 6.17. The van der Waals surface area contributed by atoms with Gasteiger partial charge in [0.25, 0.3) is 0 Å². The van der Waals surface area contributed by atoms with Crippen LogP contribution in [0.3, 0.4) is 0 Å². The van der Waals surface area contributed by atoms with E-state index in [9.17, 15) is 14.4 Å². The molecule has 136 valence electrons. The number of alkyl carbamates (subject to hydrolysis) is 1. The number of hydrogen-bond donors (Lipinski definition) is 1. The van der Waals surface area contributed by atoms with Crippen LogP contribution in [0.25, 0.3) is 0 Å². The topological polar surface area (TPSA) is 88.2 Å². The van der Waals surface area contributed by atoms with Gasteiger partial charge in [0.2, 0.25) is 0 Å². The summed E-state index contributed by atoms with van der Waals surface area (Å²) in [7, 11) is 6.37. The molecule has 0 aliphatic rings. The summed E-state index contributed by atoms with van der Waals surface area (Å²) in [4.78, 5) is 34.9. The Hall–Kier alpha value is -1.70. The van der Waals surface area contributed by atoms with Crippen LogP contribution in [0.5, 0.6) is 0 Å². The number of nitrogens with one attached hydrogen (secondary N) is 1. The second-order valence-corrected chi connectivity index (χ2v) is 6.49. The van der Waals surface area contributed by atoms with E-state index in [1.165, 1.54) is 9.80 Å². The van der Waals surface area contributed by atoms with Crippen molar-refractivity contribution < 1.29 is 23.9 Å². The van der Waals surface area contributed by atoms with Gasteiger partial charge in [-0.15, -0.1) is 0 Å². The third kappa shape index (κ3) is 16.5. The zero-order valence-corrected chi connectivity index (χ0v) is 15.9. The first kappa shape index (κ1) is 23.6. The molecule has 0 rings (SSSR count). The van der Waals surface area contributed by atoms with Crippen molar-refractivity contribution in [3.63, 3.8) is 0 Å². The molecule has 3 amide bonds. The highest BCUT2D eigenvalue weighted by Gasteiger charge is 2.18. The molecule has 0 aromatic rings. The molecule has 0 unspecified atom stereocenters. The molecule has 0 aromatic heterocycles. The van der Waals surface area contributed by atoms with Gasteiger partial charge in [0, 0.05) is 28.2 Å². The predicted octanol–water partition coefficient (Wildman–Crippen LogP) is 2.50. The van der Waals surface area contributed by atoms with Crippen LogP contribution >= 0.6 is 11.6 Å². The van der Waals surface area contributed by atoms with Crippen LogP contribution in [0.2, 0.25) is 0 Å². The fourth-order valence-electron chi connectivity index (χ4n) is 0.876. The van der Waals surface area contributed by atoms with Crippen molar-refractivity contribution in [3.8, 4) is 0 Å². The van der Waals surface area contributed by atoms with Gasteiger partial charge in [-0.1, -0.05) is 0 Å². The van der Waals surface area contributed by atoms with E-state index in [1.54, 1.807) is 55.9 Å². The summed E-state index contributed by atoms with van der Waals surface area (Å²) in [6, 6.07) is -0.297. The number of hydrogen-bond acceptors (Lipinski definition) is 5. The number of halogens is 1. The molecule has 0 bridgehead atoms. The lowest BCUT2D eigenvalue weighted by atomic mass is 10.2. The summed E-state index contributed by atoms with van der Waals surface area (Å²) in [5.41, 5.74) is -0.538. The van der Waals surface area contributed by atoms with Crippen LogP contribution in [0.15, 0.2) is 0 Å². The molecule has 0 aromatic carbocycles. The third-order valence-electron chi connectivity index (χ3n) is 1.94. The number of carbonyl (C=O) groups excluding carboxylic acids is 3. The van der Waals surface area contributed by atoms with Crippen molar-refractivity contribution in [3.05, 3.63) is 0 Å². The van der Waals surface area contributed by atoms with Crippen molar-refractivity contribution in [2.45, 2.75) is 39.3 Å². The second kappa shape index (κ2) is 10.9. The fourth-order valence-corrected chi connectivity index (χ4v) is 0.876. The Balaban J connectivity index is 0. The number of rotatable bonds is 3. The van der Waals surface area contributed by atoms with Crippen LogP contribution in [-0.2, 0) is 9.47 Å².